The zero-order valence-electron chi connectivity index (χ0n) is 17.2. The van der Waals surface area contributed by atoms with E-state index in [1.807, 2.05) is 7.05 Å². The number of likely N-dealkylation sites (N-methyl/N-ethyl adjacent to an activating group) is 1. The van der Waals surface area contributed by atoms with Crippen LogP contribution in [-0.2, 0) is 11.2 Å². The van der Waals surface area contributed by atoms with E-state index in [1.165, 1.54) is 14.2 Å². The van der Waals surface area contributed by atoms with Crippen LogP contribution in [0.4, 0.5) is 5.69 Å². The van der Waals surface area contributed by atoms with Gasteiger partial charge in [0.25, 0.3) is 5.91 Å². The molecule has 2 heterocycles. The van der Waals surface area contributed by atoms with Crippen LogP contribution in [0.25, 0.3) is 0 Å². The molecular weight excluding hydrogens is 376 g/mol. The largest absolute Gasteiger partial charge is 0.493 e. The molecule has 0 unspecified atom stereocenters. The fraction of sp³-hybridized carbons (Fsp3) is 0.450. The van der Waals surface area contributed by atoms with E-state index in [1.54, 1.807) is 30.0 Å². The Labute approximate surface area is 169 Å². The maximum atomic E-state index is 13.0. The Bertz CT molecular complexity index is 887. The lowest BCUT2D eigenvalue weighted by molar-refractivity contribution is -0.115. The normalized spacial score (nSPS) is 14.6. The molecule has 1 aromatic heterocycles. The van der Waals surface area contributed by atoms with Gasteiger partial charge in [0.15, 0.2) is 11.5 Å². The van der Waals surface area contributed by atoms with Crippen LogP contribution in [0.2, 0.25) is 0 Å². The van der Waals surface area contributed by atoms with Crippen molar-refractivity contribution in [1.29, 1.82) is 0 Å². The highest BCUT2D eigenvalue weighted by molar-refractivity contribution is 5.99. The number of ether oxygens (including phenoxy) is 2. The van der Waals surface area contributed by atoms with Crippen molar-refractivity contribution in [1.82, 2.24) is 15.0 Å². The number of aromatic nitrogens is 1. The van der Waals surface area contributed by atoms with Gasteiger partial charge in [-0.1, -0.05) is 5.16 Å². The van der Waals surface area contributed by atoms with Crippen LogP contribution >= 0.6 is 0 Å². The first-order chi connectivity index (χ1) is 13.9. The molecule has 9 nitrogen and oxygen atoms in total. The lowest BCUT2D eigenvalue weighted by Gasteiger charge is -2.32. The third-order valence-electron chi connectivity index (χ3n) is 4.80. The molecule has 1 saturated heterocycles. The zero-order valence-corrected chi connectivity index (χ0v) is 17.2. The number of anilines is 1. The lowest BCUT2D eigenvalue weighted by Crippen LogP contribution is -2.47. The monoisotopic (exact) mass is 402 g/mol. The van der Waals surface area contributed by atoms with Gasteiger partial charge in [0.2, 0.25) is 5.91 Å². The Morgan fingerprint density at radius 1 is 1.14 bits per heavy atom. The number of methoxy groups -OCH3 is 2. The molecular formula is C20H26N4O5. The molecule has 0 spiro atoms. The van der Waals surface area contributed by atoms with Gasteiger partial charge >= 0.3 is 0 Å². The Morgan fingerprint density at radius 2 is 1.86 bits per heavy atom. The van der Waals surface area contributed by atoms with Gasteiger partial charge in [-0.3, -0.25) is 9.59 Å². The number of hydrogen-bond acceptors (Lipinski definition) is 7. The van der Waals surface area contributed by atoms with Gasteiger partial charge in [-0.05, 0) is 26.1 Å². The predicted molar refractivity (Wildman–Crippen MR) is 107 cm³/mol. The van der Waals surface area contributed by atoms with Crippen molar-refractivity contribution >= 4 is 17.5 Å². The second-order valence-electron chi connectivity index (χ2n) is 7.01. The molecule has 1 fully saturated rings. The van der Waals surface area contributed by atoms with Gasteiger partial charge in [0.05, 0.1) is 32.0 Å². The van der Waals surface area contributed by atoms with Crippen LogP contribution in [0, 0.1) is 6.92 Å². The maximum Gasteiger partial charge on any atom is 0.254 e. The molecule has 156 valence electrons. The number of nitrogens with one attached hydrogen (secondary N) is 1. The number of hydrogen-bond donors (Lipinski definition) is 1. The summed E-state index contributed by atoms with van der Waals surface area (Å²) in [5.41, 5.74) is 1.50. The molecule has 29 heavy (non-hydrogen) atoms. The molecule has 0 saturated carbocycles. The topological polar surface area (TPSA) is 97.1 Å². The molecule has 0 atom stereocenters. The van der Waals surface area contributed by atoms with Gasteiger partial charge in [0, 0.05) is 37.8 Å². The SMILES string of the molecule is COc1cc(C(=O)N2CCN(C)CC2)cc(NC(=O)Cc2cc(C)no2)c1OC. The van der Waals surface area contributed by atoms with Crippen molar-refractivity contribution in [2.45, 2.75) is 13.3 Å². The highest BCUT2D eigenvalue weighted by atomic mass is 16.5. The average molecular weight is 402 g/mol. The summed E-state index contributed by atoms with van der Waals surface area (Å²) in [6.45, 7) is 4.72. The fourth-order valence-electron chi connectivity index (χ4n) is 3.23. The summed E-state index contributed by atoms with van der Waals surface area (Å²) in [5.74, 6) is 0.754. The van der Waals surface area contributed by atoms with E-state index in [0.717, 1.165) is 13.1 Å². The van der Waals surface area contributed by atoms with Gasteiger partial charge in [0.1, 0.15) is 5.76 Å². The smallest absolute Gasteiger partial charge is 0.254 e. The Hall–Kier alpha value is -3.07. The second kappa shape index (κ2) is 8.95. The minimum Gasteiger partial charge on any atom is -0.493 e. The second-order valence-corrected chi connectivity index (χ2v) is 7.01. The molecule has 0 aliphatic carbocycles. The first-order valence-electron chi connectivity index (χ1n) is 9.37. The highest BCUT2D eigenvalue weighted by Gasteiger charge is 2.24. The standard InChI is InChI=1S/C20H26N4O5/c1-13-9-15(29-22-13)12-18(25)21-16-10-14(11-17(27-3)19(16)28-4)20(26)24-7-5-23(2)6-8-24/h9-11H,5-8,12H2,1-4H3,(H,21,25). The van der Waals surface area contributed by atoms with Crippen LogP contribution in [0.3, 0.4) is 0 Å². The minimum absolute atomic E-state index is 0.0168. The summed E-state index contributed by atoms with van der Waals surface area (Å²) in [6, 6.07) is 4.95. The predicted octanol–water partition coefficient (Wildman–Crippen LogP) is 1.57. The van der Waals surface area contributed by atoms with Crippen LogP contribution in [-0.4, -0.2) is 74.2 Å². The molecule has 1 aliphatic heterocycles. The van der Waals surface area contributed by atoms with Gasteiger partial charge in [-0.2, -0.15) is 0 Å². The van der Waals surface area contributed by atoms with Crippen LogP contribution in [0.15, 0.2) is 22.7 Å². The third-order valence-corrected chi connectivity index (χ3v) is 4.80. The van der Waals surface area contributed by atoms with E-state index in [9.17, 15) is 9.59 Å². The zero-order chi connectivity index (χ0) is 21.0. The fourth-order valence-corrected chi connectivity index (χ4v) is 3.23. The number of carbonyl (C=O) groups excluding carboxylic acids is 2. The number of aryl methyl sites for hydroxylation is 1. The van der Waals surface area contributed by atoms with E-state index in [2.05, 4.69) is 15.4 Å². The Balaban J connectivity index is 1.83. The van der Waals surface area contributed by atoms with Gasteiger partial charge < -0.3 is 29.1 Å². The van der Waals surface area contributed by atoms with Crippen LogP contribution in [0.5, 0.6) is 11.5 Å². The molecule has 1 aromatic carbocycles. The molecule has 0 radical (unpaired) electrons. The van der Waals surface area contributed by atoms with Crippen molar-refractivity contribution < 1.29 is 23.6 Å². The van der Waals surface area contributed by atoms with E-state index < -0.39 is 0 Å². The lowest BCUT2D eigenvalue weighted by atomic mass is 10.1. The van der Waals surface area contributed by atoms with Gasteiger partial charge in [-0.15, -0.1) is 0 Å². The number of carbonyl (C=O) groups is 2. The van der Waals surface area contributed by atoms with Crippen molar-refractivity contribution in [3.8, 4) is 11.5 Å². The summed E-state index contributed by atoms with van der Waals surface area (Å²) in [5, 5.41) is 6.57. The van der Waals surface area contributed by atoms with E-state index in [0.29, 0.717) is 47.3 Å². The number of piperazine rings is 1. The molecule has 1 N–H and O–H groups in total. The first kappa shape index (κ1) is 20.7. The molecule has 2 amide bonds. The van der Waals surface area contributed by atoms with Crippen molar-refractivity contribution in [2.24, 2.45) is 0 Å². The van der Waals surface area contributed by atoms with E-state index >= 15 is 0 Å². The molecule has 1 aliphatic rings. The maximum absolute atomic E-state index is 13.0. The van der Waals surface area contributed by atoms with Gasteiger partial charge in [-0.25, -0.2) is 0 Å². The van der Waals surface area contributed by atoms with Crippen molar-refractivity contribution in [2.75, 3.05) is 52.8 Å². The van der Waals surface area contributed by atoms with Crippen LogP contribution in [0.1, 0.15) is 21.8 Å². The van der Waals surface area contributed by atoms with Crippen LogP contribution < -0.4 is 14.8 Å². The Kier molecular flexibility index (Phi) is 6.38. The summed E-state index contributed by atoms with van der Waals surface area (Å²) in [7, 11) is 5.00. The molecule has 2 aromatic rings. The number of nitrogens with zero attached hydrogens (tertiary/aromatic N) is 3. The number of rotatable bonds is 6. The quantitative estimate of drug-likeness (QED) is 0.783. The van der Waals surface area contributed by atoms with Crippen molar-refractivity contribution in [3.05, 3.63) is 35.2 Å². The summed E-state index contributed by atoms with van der Waals surface area (Å²) in [4.78, 5) is 29.4. The molecule has 3 rings (SSSR count). The highest BCUT2D eigenvalue weighted by Crippen LogP contribution is 2.37. The molecule has 0 bridgehead atoms. The first-order valence-corrected chi connectivity index (χ1v) is 9.37. The number of benzene rings is 1. The number of amides is 2. The summed E-state index contributed by atoms with van der Waals surface area (Å²) >= 11 is 0. The third kappa shape index (κ3) is 4.86. The summed E-state index contributed by atoms with van der Waals surface area (Å²) < 4.78 is 15.9. The van der Waals surface area contributed by atoms with E-state index in [-0.39, 0.29) is 18.2 Å². The molecule has 9 heteroatoms. The Morgan fingerprint density at radius 3 is 2.45 bits per heavy atom. The summed E-state index contributed by atoms with van der Waals surface area (Å²) in [6.07, 6.45) is 0.0168. The van der Waals surface area contributed by atoms with Crippen molar-refractivity contribution in [3.63, 3.8) is 0 Å². The minimum atomic E-state index is -0.314. The average Bonchev–Trinajstić information content (AvgIpc) is 3.11. The van der Waals surface area contributed by atoms with E-state index in [4.69, 9.17) is 14.0 Å².